The Hall–Kier alpha value is -2.58. The molecule has 2 aromatic heterocycles. The van der Waals surface area contributed by atoms with Crippen molar-refractivity contribution in [2.45, 2.75) is 23.5 Å². The molecule has 0 aliphatic heterocycles. The summed E-state index contributed by atoms with van der Waals surface area (Å²) in [5.41, 5.74) is 3.51. The van der Waals surface area contributed by atoms with Gasteiger partial charge in [0, 0.05) is 16.8 Å². The van der Waals surface area contributed by atoms with Gasteiger partial charge in [0.15, 0.2) is 5.65 Å². The van der Waals surface area contributed by atoms with Crippen molar-refractivity contribution in [2.75, 3.05) is 17.3 Å². The first-order chi connectivity index (χ1) is 13.7. The summed E-state index contributed by atoms with van der Waals surface area (Å²) in [6.07, 6.45) is 1.99. The fourth-order valence-corrected chi connectivity index (χ4v) is 4.27. The van der Waals surface area contributed by atoms with Crippen molar-refractivity contribution in [1.29, 1.82) is 0 Å². The number of fused-ring (bicyclic) bond motifs is 3. The Balaban J connectivity index is 1.53. The van der Waals surface area contributed by atoms with Crippen molar-refractivity contribution in [3.8, 4) is 0 Å². The number of para-hydroxylation sites is 2. The molecule has 0 aliphatic rings. The molecule has 4 aromatic rings. The number of thioether (sulfide) groups is 2. The molecule has 2 heterocycles. The van der Waals surface area contributed by atoms with Crippen molar-refractivity contribution in [2.24, 2.45) is 0 Å². The average Bonchev–Trinajstić information content (AvgIpc) is 3.05. The fourth-order valence-electron chi connectivity index (χ4n) is 3.13. The lowest BCUT2D eigenvalue weighted by Gasteiger charge is -2.08. The molecule has 0 unspecified atom stereocenters. The number of carbonyl (C=O) groups is 1. The van der Waals surface area contributed by atoms with Gasteiger partial charge >= 0.3 is 0 Å². The maximum atomic E-state index is 12.4. The summed E-state index contributed by atoms with van der Waals surface area (Å²) in [6.45, 7) is 2.87. The molecule has 0 aliphatic carbocycles. The Kier molecular flexibility index (Phi) is 5.50. The van der Waals surface area contributed by atoms with Gasteiger partial charge in [0.25, 0.3) is 0 Å². The lowest BCUT2D eigenvalue weighted by atomic mass is 10.2. The molecule has 0 bridgehead atoms. The lowest BCUT2D eigenvalue weighted by Crippen LogP contribution is -2.15. The summed E-state index contributed by atoms with van der Waals surface area (Å²) in [7, 11) is 0. The number of nitrogens with zero attached hydrogens (tertiary/aromatic N) is 4. The van der Waals surface area contributed by atoms with E-state index in [9.17, 15) is 4.79 Å². The van der Waals surface area contributed by atoms with Gasteiger partial charge in [-0.3, -0.25) is 4.79 Å². The second-order valence-electron chi connectivity index (χ2n) is 6.07. The standard InChI is InChI=1S/C20H19N5OS2/c1-3-25-15-10-6-4-8-13(15)18-19(25)22-20(24-23-18)28-12-17(26)21-14-9-5-7-11-16(14)27-2/h4-11H,3,12H2,1-2H3,(H,21,26). The van der Waals surface area contributed by atoms with Gasteiger partial charge in [-0.25, -0.2) is 4.98 Å². The third-order valence-electron chi connectivity index (χ3n) is 4.38. The maximum absolute atomic E-state index is 12.4. The van der Waals surface area contributed by atoms with Crippen LogP contribution >= 0.6 is 23.5 Å². The Morgan fingerprint density at radius 1 is 1.11 bits per heavy atom. The van der Waals surface area contributed by atoms with Crippen LogP contribution in [0, 0.1) is 0 Å². The Labute approximate surface area is 171 Å². The molecule has 0 atom stereocenters. The highest BCUT2D eigenvalue weighted by atomic mass is 32.2. The zero-order valence-electron chi connectivity index (χ0n) is 15.5. The van der Waals surface area contributed by atoms with Crippen LogP contribution in [0.5, 0.6) is 0 Å². The molecule has 6 nitrogen and oxygen atoms in total. The van der Waals surface area contributed by atoms with E-state index in [1.54, 1.807) is 11.8 Å². The van der Waals surface area contributed by atoms with Gasteiger partial charge in [-0.2, -0.15) is 0 Å². The highest BCUT2D eigenvalue weighted by molar-refractivity contribution is 7.99. The monoisotopic (exact) mass is 409 g/mol. The molecule has 0 saturated carbocycles. The minimum absolute atomic E-state index is 0.0915. The van der Waals surface area contributed by atoms with Crippen molar-refractivity contribution < 1.29 is 4.79 Å². The number of rotatable bonds is 6. The number of anilines is 1. The van der Waals surface area contributed by atoms with Crippen LogP contribution in [-0.2, 0) is 11.3 Å². The van der Waals surface area contributed by atoms with Gasteiger partial charge < -0.3 is 9.88 Å². The quantitative estimate of drug-likeness (QED) is 0.474. The van der Waals surface area contributed by atoms with Crippen LogP contribution in [0.3, 0.4) is 0 Å². The number of hydrogen-bond acceptors (Lipinski definition) is 6. The fraction of sp³-hybridized carbons (Fsp3) is 0.200. The summed E-state index contributed by atoms with van der Waals surface area (Å²) < 4.78 is 2.12. The second kappa shape index (κ2) is 8.20. The SMILES string of the molecule is CCn1c2ccccc2c2nnc(SCC(=O)Nc3ccccc3SC)nc21. The molecule has 0 radical (unpaired) electrons. The largest absolute Gasteiger partial charge is 0.324 e. The third-order valence-corrected chi connectivity index (χ3v) is 6.02. The van der Waals surface area contributed by atoms with Crippen molar-refractivity contribution in [3.05, 3.63) is 48.5 Å². The first kappa shape index (κ1) is 18.8. The molecule has 2 aromatic carbocycles. The van der Waals surface area contributed by atoms with Crippen LogP contribution in [0.25, 0.3) is 22.1 Å². The second-order valence-corrected chi connectivity index (χ2v) is 7.86. The lowest BCUT2D eigenvalue weighted by molar-refractivity contribution is -0.113. The van der Waals surface area contributed by atoms with Gasteiger partial charge in [-0.15, -0.1) is 22.0 Å². The average molecular weight is 410 g/mol. The van der Waals surface area contributed by atoms with Crippen LogP contribution in [0.1, 0.15) is 6.92 Å². The van der Waals surface area contributed by atoms with E-state index in [4.69, 9.17) is 0 Å². The van der Waals surface area contributed by atoms with E-state index in [1.807, 2.05) is 48.7 Å². The van der Waals surface area contributed by atoms with Crippen molar-refractivity contribution in [1.82, 2.24) is 19.7 Å². The number of aryl methyl sites for hydroxylation is 1. The first-order valence-electron chi connectivity index (χ1n) is 8.88. The van der Waals surface area contributed by atoms with E-state index in [0.29, 0.717) is 5.16 Å². The first-order valence-corrected chi connectivity index (χ1v) is 11.1. The number of amides is 1. The molecule has 0 fully saturated rings. The number of aromatic nitrogens is 4. The minimum atomic E-state index is -0.0915. The summed E-state index contributed by atoms with van der Waals surface area (Å²) in [6, 6.07) is 15.8. The smallest absolute Gasteiger partial charge is 0.234 e. The van der Waals surface area contributed by atoms with E-state index in [1.165, 1.54) is 11.8 Å². The number of benzene rings is 2. The molecule has 28 heavy (non-hydrogen) atoms. The molecular weight excluding hydrogens is 390 g/mol. The van der Waals surface area contributed by atoms with E-state index in [0.717, 1.165) is 39.2 Å². The van der Waals surface area contributed by atoms with Gasteiger partial charge in [0.05, 0.1) is 17.0 Å². The summed E-state index contributed by atoms with van der Waals surface area (Å²) >= 11 is 2.89. The predicted octanol–water partition coefficient (Wildman–Crippen LogP) is 4.45. The van der Waals surface area contributed by atoms with Gasteiger partial charge in [-0.05, 0) is 31.4 Å². The number of carbonyl (C=O) groups excluding carboxylic acids is 1. The van der Waals surface area contributed by atoms with Crippen LogP contribution < -0.4 is 5.32 Å². The number of hydrogen-bond donors (Lipinski definition) is 1. The molecule has 8 heteroatoms. The molecule has 0 spiro atoms. The Morgan fingerprint density at radius 3 is 2.71 bits per heavy atom. The molecule has 142 valence electrons. The Bertz CT molecular complexity index is 1160. The highest BCUT2D eigenvalue weighted by Gasteiger charge is 2.14. The summed E-state index contributed by atoms with van der Waals surface area (Å²) in [5.74, 6) is 0.133. The summed E-state index contributed by atoms with van der Waals surface area (Å²) in [4.78, 5) is 18.1. The van der Waals surface area contributed by atoms with Crippen LogP contribution in [0.2, 0.25) is 0 Å². The van der Waals surface area contributed by atoms with Crippen LogP contribution in [-0.4, -0.2) is 37.7 Å². The normalized spacial score (nSPS) is 11.2. The topological polar surface area (TPSA) is 72.7 Å². The maximum Gasteiger partial charge on any atom is 0.234 e. The van der Waals surface area contributed by atoms with E-state index in [2.05, 4.69) is 38.1 Å². The van der Waals surface area contributed by atoms with Gasteiger partial charge in [0.1, 0.15) is 5.52 Å². The molecule has 1 N–H and O–H groups in total. The van der Waals surface area contributed by atoms with Gasteiger partial charge in [-0.1, -0.05) is 42.1 Å². The predicted molar refractivity (Wildman–Crippen MR) is 116 cm³/mol. The molecule has 4 rings (SSSR count). The van der Waals surface area contributed by atoms with Gasteiger partial charge in [0.2, 0.25) is 11.1 Å². The zero-order valence-corrected chi connectivity index (χ0v) is 17.2. The van der Waals surface area contributed by atoms with E-state index >= 15 is 0 Å². The van der Waals surface area contributed by atoms with Crippen LogP contribution in [0.15, 0.2) is 58.6 Å². The van der Waals surface area contributed by atoms with E-state index in [-0.39, 0.29) is 11.7 Å². The minimum Gasteiger partial charge on any atom is -0.324 e. The Morgan fingerprint density at radius 2 is 1.89 bits per heavy atom. The number of nitrogens with one attached hydrogen (secondary N) is 1. The molecular formula is C20H19N5OS2. The van der Waals surface area contributed by atoms with E-state index < -0.39 is 0 Å². The third kappa shape index (κ3) is 3.57. The molecule has 0 saturated heterocycles. The summed E-state index contributed by atoms with van der Waals surface area (Å²) in [5, 5.41) is 13.1. The van der Waals surface area contributed by atoms with Crippen molar-refractivity contribution in [3.63, 3.8) is 0 Å². The van der Waals surface area contributed by atoms with Crippen LogP contribution in [0.4, 0.5) is 5.69 Å². The van der Waals surface area contributed by atoms with Crippen molar-refractivity contribution >= 4 is 57.2 Å². The zero-order chi connectivity index (χ0) is 19.5. The highest BCUT2D eigenvalue weighted by Crippen LogP contribution is 2.27. The molecule has 1 amide bonds.